The summed E-state index contributed by atoms with van der Waals surface area (Å²) in [6.45, 7) is 3.81. The van der Waals surface area contributed by atoms with Crippen LogP contribution in [-0.4, -0.2) is 64.6 Å². The predicted molar refractivity (Wildman–Crippen MR) is 106 cm³/mol. The average Bonchev–Trinajstić information content (AvgIpc) is 2.64. The predicted octanol–water partition coefficient (Wildman–Crippen LogP) is -1.67. The summed E-state index contributed by atoms with van der Waals surface area (Å²) >= 11 is 0. The Kier molecular flexibility index (Phi) is 12.0. The van der Waals surface area contributed by atoms with Crippen molar-refractivity contribution in [1.82, 2.24) is 10.6 Å². The molecule has 0 fully saturated rings. The SMILES string of the molecule is CC[C@H](C)[C@H](N)C(=O)N[C@@H](CCC(=O)O)C(=O)N[C@@H](CCCN=C(N)N)C(=O)O. The zero-order chi connectivity index (χ0) is 22.6. The maximum Gasteiger partial charge on any atom is 0.326 e. The summed E-state index contributed by atoms with van der Waals surface area (Å²) in [6.07, 6.45) is 0.376. The number of hydrogen-bond donors (Lipinski definition) is 7. The Bertz CT molecular complexity index is 607. The van der Waals surface area contributed by atoms with Crippen molar-refractivity contribution in [2.24, 2.45) is 28.1 Å². The van der Waals surface area contributed by atoms with Gasteiger partial charge in [-0.1, -0.05) is 20.3 Å². The van der Waals surface area contributed by atoms with Crippen LogP contribution in [0.1, 0.15) is 46.0 Å². The van der Waals surface area contributed by atoms with Crippen LogP contribution in [0.3, 0.4) is 0 Å². The number of guanidine groups is 1. The molecule has 0 spiro atoms. The third-order valence-electron chi connectivity index (χ3n) is 4.40. The van der Waals surface area contributed by atoms with E-state index in [1.54, 1.807) is 6.92 Å². The molecule has 0 bridgehead atoms. The number of carbonyl (C=O) groups is 4. The fourth-order valence-electron chi connectivity index (χ4n) is 2.35. The Morgan fingerprint density at radius 1 is 1.00 bits per heavy atom. The topological polar surface area (TPSA) is 223 Å². The van der Waals surface area contributed by atoms with Crippen LogP contribution in [0.4, 0.5) is 0 Å². The van der Waals surface area contributed by atoms with E-state index < -0.39 is 41.9 Å². The first-order valence-electron chi connectivity index (χ1n) is 9.35. The van der Waals surface area contributed by atoms with Crippen LogP contribution < -0.4 is 27.8 Å². The van der Waals surface area contributed by atoms with Crippen molar-refractivity contribution in [3.8, 4) is 0 Å². The standard InChI is InChI=1S/C17H32N6O6/c1-3-9(2)13(18)15(27)22-10(6-7-12(24)25)14(26)23-11(16(28)29)5-4-8-21-17(19)20/h9-11,13H,3-8,18H2,1-2H3,(H,22,27)(H,23,26)(H,24,25)(H,28,29)(H4,19,20,21)/t9-,10-,11-,13-/m0/s1. The van der Waals surface area contributed by atoms with Crippen molar-refractivity contribution in [3.05, 3.63) is 0 Å². The quantitative estimate of drug-likeness (QED) is 0.0975. The number of nitrogens with one attached hydrogen (secondary N) is 2. The van der Waals surface area contributed by atoms with E-state index in [9.17, 15) is 24.3 Å². The molecule has 0 unspecified atom stereocenters. The first kappa shape index (κ1) is 26.1. The highest BCUT2D eigenvalue weighted by Gasteiger charge is 2.29. The van der Waals surface area contributed by atoms with Gasteiger partial charge in [-0.3, -0.25) is 19.4 Å². The third kappa shape index (κ3) is 10.9. The molecule has 0 aliphatic rings. The van der Waals surface area contributed by atoms with Crippen LogP contribution in [0.25, 0.3) is 0 Å². The highest BCUT2D eigenvalue weighted by molar-refractivity contribution is 5.92. The first-order chi connectivity index (χ1) is 13.5. The molecule has 0 aromatic carbocycles. The molecule has 0 heterocycles. The van der Waals surface area contributed by atoms with E-state index >= 15 is 0 Å². The monoisotopic (exact) mass is 416 g/mol. The van der Waals surface area contributed by atoms with Crippen LogP contribution in [0.15, 0.2) is 4.99 Å². The highest BCUT2D eigenvalue weighted by Crippen LogP contribution is 2.08. The zero-order valence-electron chi connectivity index (χ0n) is 16.8. The first-order valence-corrected chi connectivity index (χ1v) is 9.35. The summed E-state index contributed by atoms with van der Waals surface area (Å²) in [5.41, 5.74) is 16.2. The largest absolute Gasteiger partial charge is 0.481 e. The molecule has 4 atom stereocenters. The Morgan fingerprint density at radius 3 is 2.07 bits per heavy atom. The zero-order valence-corrected chi connectivity index (χ0v) is 16.8. The minimum atomic E-state index is -1.28. The number of aliphatic imine (C=N–C) groups is 1. The van der Waals surface area contributed by atoms with E-state index in [1.807, 2.05) is 6.92 Å². The molecule has 0 aromatic rings. The lowest BCUT2D eigenvalue weighted by atomic mass is 9.98. The van der Waals surface area contributed by atoms with Gasteiger partial charge in [0, 0.05) is 13.0 Å². The van der Waals surface area contributed by atoms with Gasteiger partial charge in [0.2, 0.25) is 11.8 Å². The fourth-order valence-corrected chi connectivity index (χ4v) is 2.35. The summed E-state index contributed by atoms with van der Waals surface area (Å²) in [6, 6.07) is -3.35. The van der Waals surface area contributed by atoms with Gasteiger partial charge in [0.1, 0.15) is 12.1 Å². The molecule has 12 nitrogen and oxygen atoms in total. The number of nitrogens with two attached hydrogens (primary N) is 3. The molecule has 166 valence electrons. The van der Waals surface area contributed by atoms with Gasteiger partial charge in [0.15, 0.2) is 5.96 Å². The summed E-state index contributed by atoms with van der Waals surface area (Å²) in [4.78, 5) is 50.8. The third-order valence-corrected chi connectivity index (χ3v) is 4.40. The maximum atomic E-state index is 12.5. The summed E-state index contributed by atoms with van der Waals surface area (Å²) in [5, 5.41) is 22.9. The molecule has 0 rings (SSSR count). The molecule has 2 amide bonds. The summed E-state index contributed by atoms with van der Waals surface area (Å²) in [7, 11) is 0. The number of hydrogen-bond acceptors (Lipinski definition) is 6. The Balaban J connectivity index is 5.10. The molecule has 0 saturated heterocycles. The Morgan fingerprint density at radius 2 is 1.59 bits per heavy atom. The van der Waals surface area contributed by atoms with Gasteiger partial charge in [-0.05, 0) is 25.2 Å². The average molecular weight is 416 g/mol. The Hall–Kier alpha value is -2.89. The fraction of sp³-hybridized carbons (Fsp3) is 0.706. The van der Waals surface area contributed by atoms with Crippen LogP contribution in [0.2, 0.25) is 0 Å². The number of rotatable bonds is 14. The molecule has 0 aromatic heterocycles. The number of carboxylic acid groups (broad SMARTS) is 2. The minimum Gasteiger partial charge on any atom is -0.481 e. The van der Waals surface area contributed by atoms with E-state index in [0.29, 0.717) is 12.8 Å². The molecule has 12 heteroatoms. The number of nitrogens with zero attached hydrogens (tertiary/aromatic N) is 1. The lowest BCUT2D eigenvalue weighted by Crippen LogP contribution is -2.55. The molecular weight excluding hydrogens is 384 g/mol. The minimum absolute atomic E-state index is 0.0455. The smallest absolute Gasteiger partial charge is 0.326 e. The molecule has 0 aliphatic carbocycles. The van der Waals surface area contributed by atoms with Crippen molar-refractivity contribution in [2.45, 2.75) is 64.1 Å². The van der Waals surface area contributed by atoms with Crippen LogP contribution in [0.5, 0.6) is 0 Å². The molecule has 0 radical (unpaired) electrons. The summed E-state index contributed by atoms with van der Waals surface area (Å²) in [5.74, 6) is -4.12. The second kappa shape index (κ2) is 13.3. The Labute approximate surface area is 169 Å². The van der Waals surface area contributed by atoms with Crippen LogP contribution in [0, 0.1) is 5.92 Å². The number of aliphatic carboxylic acids is 2. The van der Waals surface area contributed by atoms with Gasteiger partial charge in [-0.15, -0.1) is 0 Å². The normalized spacial score (nSPS) is 14.7. The van der Waals surface area contributed by atoms with Crippen molar-refractivity contribution < 1.29 is 29.4 Å². The van der Waals surface area contributed by atoms with Gasteiger partial charge in [0.25, 0.3) is 0 Å². The van der Waals surface area contributed by atoms with E-state index in [4.69, 9.17) is 22.3 Å². The van der Waals surface area contributed by atoms with Gasteiger partial charge in [-0.2, -0.15) is 0 Å². The molecule has 10 N–H and O–H groups in total. The van der Waals surface area contributed by atoms with E-state index in [2.05, 4.69) is 15.6 Å². The molecule has 29 heavy (non-hydrogen) atoms. The van der Waals surface area contributed by atoms with Crippen molar-refractivity contribution in [3.63, 3.8) is 0 Å². The number of carboxylic acids is 2. The number of carbonyl (C=O) groups excluding carboxylic acids is 2. The molecule has 0 aliphatic heterocycles. The van der Waals surface area contributed by atoms with E-state index in [-0.39, 0.29) is 37.7 Å². The van der Waals surface area contributed by atoms with Crippen molar-refractivity contribution in [2.75, 3.05) is 6.54 Å². The molecular formula is C17H32N6O6. The summed E-state index contributed by atoms with van der Waals surface area (Å²) < 4.78 is 0. The highest BCUT2D eigenvalue weighted by atomic mass is 16.4. The van der Waals surface area contributed by atoms with Gasteiger partial charge in [0.05, 0.1) is 6.04 Å². The van der Waals surface area contributed by atoms with E-state index in [1.165, 1.54) is 0 Å². The van der Waals surface area contributed by atoms with Gasteiger partial charge >= 0.3 is 11.9 Å². The van der Waals surface area contributed by atoms with Crippen LogP contribution >= 0.6 is 0 Å². The van der Waals surface area contributed by atoms with Gasteiger partial charge < -0.3 is 38.0 Å². The second-order valence-corrected chi connectivity index (χ2v) is 6.75. The maximum absolute atomic E-state index is 12.5. The molecule has 0 saturated carbocycles. The van der Waals surface area contributed by atoms with Gasteiger partial charge in [-0.25, -0.2) is 4.79 Å². The van der Waals surface area contributed by atoms with Crippen LogP contribution in [-0.2, 0) is 19.2 Å². The number of amides is 2. The lowest BCUT2D eigenvalue weighted by Gasteiger charge is -2.24. The van der Waals surface area contributed by atoms with E-state index in [0.717, 1.165) is 0 Å². The van der Waals surface area contributed by atoms with Crippen molar-refractivity contribution >= 4 is 29.7 Å². The lowest BCUT2D eigenvalue weighted by molar-refractivity contribution is -0.143. The second-order valence-electron chi connectivity index (χ2n) is 6.75. The van der Waals surface area contributed by atoms with Crippen molar-refractivity contribution in [1.29, 1.82) is 0 Å².